The van der Waals surface area contributed by atoms with Gasteiger partial charge in [-0.05, 0) is 48.9 Å². The fraction of sp³-hybridized carbons (Fsp3) is 0.333. The Bertz CT molecular complexity index is 976. The smallest absolute Gasteiger partial charge is 0.251 e. The second-order valence-corrected chi connectivity index (χ2v) is 7.48. The first-order chi connectivity index (χ1) is 13.0. The van der Waals surface area contributed by atoms with Crippen molar-refractivity contribution >= 4 is 23.1 Å². The Morgan fingerprint density at radius 1 is 1.19 bits per heavy atom. The third-order valence-corrected chi connectivity index (χ3v) is 5.42. The lowest BCUT2D eigenvalue weighted by molar-refractivity contribution is -0.119. The minimum absolute atomic E-state index is 0.0434. The van der Waals surface area contributed by atoms with Gasteiger partial charge in [0.2, 0.25) is 5.91 Å². The molecule has 2 fully saturated rings. The number of carbonyl (C=O) groups excluding carboxylic acids is 1. The summed E-state index contributed by atoms with van der Waals surface area (Å²) in [5, 5.41) is 3.47. The largest absolute Gasteiger partial charge is 0.495 e. The lowest BCUT2D eigenvalue weighted by atomic mass is 9.98. The average Bonchev–Trinajstić information content (AvgIpc) is 3.42. The second kappa shape index (κ2) is 7.24. The molecule has 1 aromatic carbocycles. The number of hydrogen-bond acceptors (Lipinski definition) is 3. The molecule has 4 rings (SSSR count). The van der Waals surface area contributed by atoms with Crippen LogP contribution in [0.1, 0.15) is 48.4 Å². The summed E-state index contributed by atoms with van der Waals surface area (Å²) < 4.78 is 5.34. The number of H-pyrrole nitrogens is 1. The summed E-state index contributed by atoms with van der Waals surface area (Å²) >= 11 is 6.16. The first-order valence-corrected chi connectivity index (χ1v) is 9.51. The van der Waals surface area contributed by atoms with E-state index in [4.69, 9.17) is 16.3 Å². The minimum atomic E-state index is -0.0687. The maximum Gasteiger partial charge on any atom is 0.251 e. The second-order valence-electron chi connectivity index (χ2n) is 7.07. The van der Waals surface area contributed by atoms with Crippen molar-refractivity contribution in [2.75, 3.05) is 7.11 Å². The van der Waals surface area contributed by atoms with Gasteiger partial charge in [0.15, 0.2) is 0 Å². The Morgan fingerprint density at radius 2 is 2.00 bits per heavy atom. The highest BCUT2D eigenvalue weighted by Gasteiger charge is 2.26. The first kappa shape index (κ1) is 17.9. The third kappa shape index (κ3) is 3.78. The molecule has 0 radical (unpaired) electrons. The van der Waals surface area contributed by atoms with Crippen LogP contribution in [0.2, 0.25) is 5.02 Å². The average molecular weight is 385 g/mol. The molecule has 1 atom stereocenters. The number of nitrogens with one attached hydrogen (secondary N) is 2. The van der Waals surface area contributed by atoms with Crippen LogP contribution in [0, 0.1) is 0 Å². The van der Waals surface area contributed by atoms with Gasteiger partial charge in [0.05, 0.1) is 12.1 Å². The Balaban J connectivity index is 1.78. The molecule has 140 valence electrons. The van der Waals surface area contributed by atoms with E-state index in [0.717, 1.165) is 41.7 Å². The van der Waals surface area contributed by atoms with Crippen molar-refractivity contribution < 1.29 is 9.53 Å². The van der Waals surface area contributed by atoms with E-state index in [9.17, 15) is 9.59 Å². The van der Waals surface area contributed by atoms with Crippen molar-refractivity contribution in [1.29, 1.82) is 0 Å². The molecule has 1 amide bonds. The molecule has 2 aliphatic rings. The van der Waals surface area contributed by atoms with E-state index in [0.29, 0.717) is 23.1 Å². The number of carbonyl (C=O) groups is 1. The van der Waals surface area contributed by atoms with E-state index in [1.807, 2.05) is 30.3 Å². The highest BCUT2D eigenvalue weighted by Crippen LogP contribution is 2.38. The van der Waals surface area contributed by atoms with Crippen molar-refractivity contribution in [3.8, 4) is 5.75 Å². The normalized spacial score (nSPS) is 19.9. The van der Waals surface area contributed by atoms with Crippen LogP contribution in [-0.2, 0) is 4.79 Å². The molecule has 0 spiro atoms. The predicted molar refractivity (Wildman–Crippen MR) is 105 cm³/mol. The van der Waals surface area contributed by atoms with Crippen LogP contribution in [0.15, 0.2) is 41.2 Å². The maximum atomic E-state index is 12.5. The first-order valence-electron chi connectivity index (χ1n) is 9.14. The fourth-order valence-corrected chi connectivity index (χ4v) is 3.69. The molecule has 2 N–H and O–H groups in total. The zero-order valence-corrected chi connectivity index (χ0v) is 15.8. The molecular weight excluding hydrogens is 364 g/mol. The Labute approximate surface area is 162 Å². The van der Waals surface area contributed by atoms with E-state index in [1.54, 1.807) is 13.2 Å². The van der Waals surface area contributed by atoms with E-state index in [2.05, 4.69) is 10.3 Å². The molecule has 1 aliphatic carbocycles. The van der Waals surface area contributed by atoms with Crippen LogP contribution in [0.4, 0.5) is 0 Å². The molecule has 2 heterocycles. The molecule has 1 aliphatic heterocycles. The van der Waals surface area contributed by atoms with Crippen molar-refractivity contribution in [3.05, 3.63) is 68.6 Å². The lowest BCUT2D eigenvalue weighted by Crippen LogP contribution is -2.23. The lowest BCUT2D eigenvalue weighted by Gasteiger charge is -2.14. The summed E-state index contributed by atoms with van der Waals surface area (Å²) in [6.45, 7) is 0. The fourth-order valence-electron chi connectivity index (χ4n) is 3.49. The van der Waals surface area contributed by atoms with Gasteiger partial charge in [-0.25, -0.2) is 0 Å². The number of methoxy groups -OCH3 is 1. The monoisotopic (exact) mass is 384 g/mol. The summed E-state index contributed by atoms with van der Waals surface area (Å²) in [5.74, 6) is 0.995. The molecular formula is C21H21ClN2O3. The van der Waals surface area contributed by atoms with Crippen LogP contribution in [0.5, 0.6) is 5.75 Å². The number of aromatic amines is 1. The summed E-state index contributed by atoms with van der Waals surface area (Å²) in [5.41, 5.74) is 3.23. The number of hydrogen-bond donors (Lipinski definition) is 2. The zero-order valence-electron chi connectivity index (χ0n) is 15.0. The van der Waals surface area contributed by atoms with Gasteiger partial charge >= 0.3 is 0 Å². The van der Waals surface area contributed by atoms with Crippen molar-refractivity contribution in [3.63, 3.8) is 0 Å². The van der Waals surface area contributed by atoms with Crippen LogP contribution >= 0.6 is 11.6 Å². The molecule has 1 aromatic heterocycles. The van der Waals surface area contributed by atoms with Crippen molar-refractivity contribution in [2.24, 2.45) is 0 Å². The number of pyridine rings is 1. The van der Waals surface area contributed by atoms with Crippen LogP contribution in [-0.4, -0.2) is 24.0 Å². The van der Waals surface area contributed by atoms with Crippen molar-refractivity contribution in [2.45, 2.75) is 37.6 Å². The van der Waals surface area contributed by atoms with Crippen molar-refractivity contribution in [1.82, 2.24) is 10.3 Å². The Morgan fingerprint density at radius 3 is 2.63 bits per heavy atom. The minimum Gasteiger partial charge on any atom is -0.495 e. The molecule has 6 heteroatoms. The standard InChI is InChI=1S/C21H21ClN2O3/c1-27-19-10-13(4-7-17(19)22)16(11-14-5-9-20(25)23-14)18-8-6-15(12-2-3-12)21(26)24-18/h4,6-8,10-12,14H,2-3,5,9H2,1H3,(H,23,25)(H,24,26)/t14-/m1/s1. The topological polar surface area (TPSA) is 71.2 Å². The van der Waals surface area contributed by atoms with Gasteiger partial charge in [-0.2, -0.15) is 0 Å². The molecule has 0 unspecified atom stereocenters. The Hall–Kier alpha value is -2.53. The summed E-state index contributed by atoms with van der Waals surface area (Å²) in [6, 6.07) is 9.30. The van der Waals surface area contributed by atoms with E-state index in [1.165, 1.54) is 0 Å². The van der Waals surface area contributed by atoms with Gasteiger partial charge in [0.25, 0.3) is 5.56 Å². The number of halogens is 1. The highest BCUT2D eigenvalue weighted by atomic mass is 35.5. The molecule has 2 aromatic rings. The molecule has 0 bridgehead atoms. The number of ether oxygens (including phenoxy) is 1. The van der Waals surface area contributed by atoms with E-state index in [-0.39, 0.29) is 17.5 Å². The highest BCUT2D eigenvalue weighted by molar-refractivity contribution is 6.32. The van der Waals surface area contributed by atoms with Gasteiger partial charge in [0, 0.05) is 29.3 Å². The van der Waals surface area contributed by atoms with Gasteiger partial charge in [-0.3, -0.25) is 9.59 Å². The van der Waals surface area contributed by atoms with Gasteiger partial charge in [-0.15, -0.1) is 0 Å². The van der Waals surface area contributed by atoms with Gasteiger partial charge in [-0.1, -0.05) is 29.8 Å². The number of amides is 1. The zero-order chi connectivity index (χ0) is 19.0. The SMILES string of the molecule is COc1cc(C(=C[C@H]2CCC(=O)N2)c2ccc(C3CC3)c(=O)[nH]2)ccc1Cl. The van der Waals surface area contributed by atoms with Gasteiger partial charge in [0.1, 0.15) is 5.75 Å². The quantitative estimate of drug-likeness (QED) is 0.827. The predicted octanol–water partition coefficient (Wildman–Crippen LogP) is 3.62. The summed E-state index contributed by atoms with van der Waals surface area (Å²) in [7, 11) is 1.57. The maximum absolute atomic E-state index is 12.5. The van der Waals surface area contributed by atoms with Gasteiger partial charge < -0.3 is 15.0 Å². The molecule has 27 heavy (non-hydrogen) atoms. The summed E-state index contributed by atoms with van der Waals surface area (Å²) in [6.07, 6.45) is 5.39. The molecule has 5 nitrogen and oxygen atoms in total. The number of benzene rings is 1. The number of aromatic nitrogens is 1. The van der Waals surface area contributed by atoms with Crippen LogP contribution in [0.25, 0.3) is 5.57 Å². The van der Waals surface area contributed by atoms with E-state index < -0.39 is 0 Å². The molecule has 1 saturated carbocycles. The van der Waals surface area contributed by atoms with E-state index >= 15 is 0 Å². The summed E-state index contributed by atoms with van der Waals surface area (Å²) in [4.78, 5) is 27.1. The molecule has 1 saturated heterocycles. The number of rotatable bonds is 5. The van der Waals surface area contributed by atoms with Crippen LogP contribution < -0.4 is 15.6 Å². The van der Waals surface area contributed by atoms with Crippen LogP contribution in [0.3, 0.4) is 0 Å². The third-order valence-electron chi connectivity index (χ3n) is 5.11. The Kier molecular flexibility index (Phi) is 4.79.